The number of carbonyl (C=O) groups is 3. The zero-order chi connectivity index (χ0) is 19.6. The Morgan fingerprint density at radius 2 is 1.93 bits per heavy atom. The van der Waals surface area contributed by atoms with Crippen LogP contribution in [0.15, 0.2) is 47.0 Å². The van der Waals surface area contributed by atoms with E-state index in [-0.39, 0.29) is 34.6 Å². The highest BCUT2D eigenvalue weighted by Gasteiger charge is 2.62. The molecule has 0 saturated heterocycles. The van der Waals surface area contributed by atoms with E-state index in [1.165, 1.54) is 7.11 Å². The van der Waals surface area contributed by atoms with Gasteiger partial charge in [-0.25, -0.2) is 4.79 Å². The number of rotatable bonds is 1. The fraction of sp³-hybridized carbons (Fsp3) is 0.350. The van der Waals surface area contributed by atoms with Gasteiger partial charge in [0, 0.05) is 23.3 Å². The van der Waals surface area contributed by atoms with Gasteiger partial charge in [0.25, 0.3) is 0 Å². The molecule has 0 fully saturated rings. The summed E-state index contributed by atoms with van der Waals surface area (Å²) in [6.07, 6.45) is 0.777. The molecule has 0 saturated carbocycles. The van der Waals surface area contributed by atoms with Gasteiger partial charge in [0.2, 0.25) is 11.8 Å². The summed E-state index contributed by atoms with van der Waals surface area (Å²) in [7, 11) is 1.20. The summed E-state index contributed by atoms with van der Waals surface area (Å²) in [5.74, 6) is -1.38. The van der Waals surface area contributed by atoms with E-state index in [1.807, 2.05) is 13.8 Å². The van der Waals surface area contributed by atoms with E-state index in [1.54, 1.807) is 24.3 Å². The monoisotopic (exact) mass is 368 g/mol. The van der Waals surface area contributed by atoms with Crippen molar-refractivity contribution in [3.05, 3.63) is 52.6 Å². The fourth-order valence-electron chi connectivity index (χ4n) is 4.41. The third-order valence-electron chi connectivity index (χ3n) is 5.38. The van der Waals surface area contributed by atoms with Crippen LogP contribution in [0.2, 0.25) is 0 Å². The predicted molar refractivity (Wildman–Crippen MR) is 95.2 cm³/mol. The molecule has 1 aliphatic carbocycles. The van der Waals surface area contributed by atoms with Crippen molar-refractivity contribution in [1.29, 1.82) is 0 Å². The Labute approximate surface area is 156 Å². The van der Waals surface area contributed by atoms with Gasteiger partial charge in [0.15, 0.2) is 5.78 Å². The highest BCUT2D eigenvalue weighted by atomic mass is 16.5. The maximum Gasteiger partial charge on any atom is 0.340 e. The van der Waals surface area contributed by atoms with Crippen molar-refractivity contribution in [1.82, 2.24) is 5.32 Å². The highest BCUT2D eigenvalue weighted by Crippen LogP contribution is 2.55. The van der Waals surface area contributed by atoms with Crippen molar-refractivity contribution in [3.63, 3.8) is 0 Å². The lowest BCUT2D eigenvalue weighted by molar-refractivity contribution is -0.139. The number of hydrogen-bond acceptors (Lipinski definition) is 6. The smallest absolute Gasteiger partial charge is 0.340 e. The average Bonchev–Trinajstić information content (AvgIpc) is 2.86. The van der Waals surface area contributed by atoms with Crippen LogP contribution in [-0.2, 0) is 24.5 Å². The summed E-state index contributed by atoms with van der Waals surface area (Å²) in [6.45, 7) is 3.93. The van der Waals surface area contributed by atoms with E-state index in [0.717, 1.165) is 0 Å². The van der Waals surface area contributed by atoms with Crippen molar-refractivity contribution in [3.8, 4) is 5.75 Å². The fourth-order valence-corrected chi connectivity index (χ4v) is 4.41. The summed E-state index contributed by atoms with van der Waals surface area (Å²) in [5.41, 5.74) is 5.16. The number of amides is 1. The molecular weight excluding hydrogens is 348 g/mol. The number of fused-ring (bicyclic) bond motifs is 3. The minimum Gasteiger partial charge on any atom is -0.465 e. The maximum absolute atomic E-state index is 13.4. The Balaban J connectivity index is 2.09. The van der Waals surface area contributed by atoms with E-state index in [2.05, 4.69) is 5.32 Å². The molecule has 7 heteroatoms. The number of Topliss-reactive ketones (excluding diaryl/α,β-unsaturated/α-hetero) is 1. The molecule has 3 aliphatic rings. The Hall–Kier alpha value is -3.09. The van der Waals surface area contributed by atoms with Gasteiger partial charge in [-0.05, 0) is 17.9 Å². The van der Waals surface area contributed by atoms with Crippen LogP contribution >= 0.6 is 0 Å². The normalized spacial score (nSPS) is 25.7. The van der Waals surface area contributed by atoms with Gasteiger partial charge in [-0.1, -0.05) is 32.0 Å². The molecule has 1 atom stereocenters. The molecule has 1 aromatic rings. The summed E-state index contributed by atoms with van der Waals surface area (Å²) in [6, 6.07) is 6.79. The van der Waals surface area contributed by atoms with Gasteiger partial charge in [-0.2, -0.15) is 0 Å². The summed E-state index contributed by atoms with van der Waals surface area (Å²) in [5, 5.41) is 2.84. The second kappa shape index (κ2) is 5.45. The van der Waals surface area contributed by atoms with Crippen LogP contribution in [0, 0.1) is 5.41 Å². The first-order chi connectivity index (χ1) is 12.7. The zero-order valence-corrected chi connectivity index (χ0v) is 15.3. The number of ether oxygens (including phenoxy) is 2. The number of ketones is 1. The molecule has 4 rings (SSSR count). The first-order valence-electron chi connectivity index (χ1n) is 8.66. The molecular formula is C20H20N2O5. The molecule has 1 spiro atoms. The standard InChI is InChI=1S/C20H20N2O5/c1-19(2)8-11-14(12(23)9-19)20(18(25)22-11)10-6-4-5-7-13(10)27-16(21)15(20)17(24)26-3/h4-7H,8-9,21H2,1-3H3,(H,22,25)/t20-/m0/s1. The molecule has 0 radical (unpaired) electrons. The number of benzene rings is 1. The number of para-hydroxylation sites is 1. The zero-order valence-electron chi connectivity index (χ0n) is 15.3. The number of methoxy groups -OCH3 is 1. The molecule has 1 amide bonds. The number of allylic oxidation sites excluding steroid dienone is 1. The Morgan fingerprint density at radius 1 is 1.22 bits per heavy atom. The lowest BCUT2D eigenvalue weighted by Crippen LogP contribution is -2.48. The van der Waals surface area contributed by atoms with Crippen LogP contribution in [0.1, 0.15) is 32.3 Å². The number of nitrogens with two attached hydrogens (primary N) is 1. The lowest BCUT2D eigenvalue weighted by atomic mass is 9.63. The Morgan fingerprint density at radius 3 is 2.63 bits per heavy atom. The van der Waals surface area contributed by atoms with Crippen molar-refractivity contribution in [2.45, 2.75) is 32.1 Å². The molecule has 140 valence electrons. The largest absolute Gasteiger partial charge is 0.465 e. The molecule has 0 aromatic heterocycles. The SMILES string of the molecule is COC(=O)C1=C(N)Oc2ccccc2[C@@]12C(=O)NC1=C2C(=O)CC(C)(C)C1. The Kier molecular flexibility index (Phi) is 3.50. The number of carbonyl (C=O) groups excluding carboxylic acids is 3. The van der Waals surface area contributed by atoms with Crippen LogP contribution in [0.3, 0.4) is 0 Å². The number of esters is 1. The van der Waals surface area contributed by atoms with E-state index in [0.29, 0.717) is 23.4 Å². The Bertz CT molecular complexity index is 972. The van der Waals surface area contributed by atoms with Crippen LogP contribution in [-0.4, -0.2) is 24.8 Å². The van der Waals surface area contributed by atoms with Gasteiger partial charge in [0.05, 0.1) is 7.11 Å². The van der Waals surface area contributed by atoms with Crippen LogP contribution in [0.5, 0.6) is 5.75 Å². The van der Waals surface area contributed by atoms with Gasteiger partial charge in [0.1, 0.15) is 16.7 Å². The first-order valence-corrected chi connectivity index (χ1v) is 8.66. The maximum atomic E-state index is 13.4. The predicted octanol–water partition coefficient (Wildman–Crippen LogP) is 1.43. The second-order valence-corrected chi connectivity index (χ2v) is 7.83. The van der Waals surface area contributed by atoms with E-state index < -0.39 is 17.3 Å². The molecule has 0 bridgehead atoms. The molecule has 2 aliphatic heterocycles. The molecule has 0 unspecified atom stereocenters. The first kappa shape index (κ1) is 17.3. The van der Waals surface area contributed by atoms with E-state index >= 15 is 0 Å². The minimum absolute atomic E-state index is 0.153. The molecule has 27 heavy (non-hydrogen) atoms. The highest BCUT2D eigenvalue weighted by molar-refractivity contribution is 6.19. The third-order valence-corrected chi connectivity index (χ3v) is 5.38. The summed E-state index contributed by atoms with van der Waals surface area (Å²) < 4.78 is 10.5. The average molecular weight is 368 g/mol. The van der Waals surface area contributed by atoms with E-state index in [9.17, 15) is 14.4 Å². The quantitative estimate of drug-likeness (QED) is 0.726. The van der Waals surface area contributed by atoms with Gasteiger partial charge in [-0.15, -0.1) is 0 Å². The van der Waals surface area contributed by atoms with Gasteiger partial charge in [-0.3, -0.25) is 9.59 Å². The topological polar surface area (TPSA) is 108 Å². The van der Waals surface area contributed by atoms with Crippen LogP contribution < -0.4 is 15.8 Å². The minimum atomic E-state index is -1.66. The third kappa shape index (κ3) is 2.17. The summed E-state index contributed by atoms with van der Waals surface area (Å²) >= 11 is 0. The molecule has 2 heterocycles. The van der Waals surface area contributed by atoms with Gasteiger partial charge < -0.3 is 20.5 Å². The van der Waals surface area contributed by atoms with Crippen LogP contribution in [0.4, 0.5) is 0 Å². The lowest BCUT2D eigenvalue weighted by Gasteiger charge is -2.38. The van der Waals surface area contributed by atoms with Crippen LogP contribution in [0.25, 0.3) is 0 Å². The van der Waals surface area contributed by atoms with Crippen molar-refractivity contribution >= 4 is 17.7 Å². The van der Waals surface area contributed by atoms with Gasteiger partial charge >= 0.3 is 5.97 Å². The molecule has 1 aromatic carbocycles. The van der Waals surface area contributed by atoms with Crippen molar-refractivity contribution in [2.24, 2.45) is 11.1 Å². The number of hydrogen-bond donors (Lipinski definition) is 2. The van der Waals surface area contributed by atoms with Crippen molar-refractivity contribution in [2.75, 3.05) is 7.11 Å². The number of nitrogens with one attached hydrogen (secondary N) is 1. The molecule has 3 N–H and O–H groups in total. The molecule has 7 nitrogen and oxygen atoms in total. The van der Waals surface area contributed by atoms with E-state index in [4.69, 9.17) is 15.2 Å². The summed E-state index contributed by atoms with van der Waals surface area (Å²) in [4.78, 5) is 39.2. The van der Waals surface area contributed by atoms with Crippen molar-refractivity contribution < 1.29 is 23.9 Å². The second-order valence-electron chi connectivity index (χ2n) is 7.83.